The number of benzene rings is 1. The SMILES string of the molecule is Cc1nnc([C@H](N)c2ccccc2)n1C. The highest BCUT2D eigenvalue weighted by Gasteiger charge is 2.15. The van der Waals surface area contributed by atoms with Crippen LogP contribution in [0.1, 0.15) is 23.3 Å². The fraction of sp³-hybridized carbons (Fsp3) is 0.273. The first kappa shape index (κ1) is 9.86. The maximum atomic E-state index is 6.11. The first-order chi connectivity index (χ1) is 7.20. The van der Waals surface area contributed by atoms with Gasteiger partial charge in [0, 0.05) is 7.05 Å². The highest BCUT2D eigenvalue weighted by atomic mass is 15.3. The van der Waals surface area contributed by atoms with Crippen LogP contribution in [0.5, 0.6) is 0 Å². The Hall–Kier alpha value is -1.68. The summed E-state index contributed by atoms with van der Waals surface area (Å²) >= 11 is 0. The number of hydrogen-bond acceptors (Lipinski definition) is 3. The Bertz CT molecular complexity index is 447. The van der Waals surface area contributed by atoms with Crippen LogP contribution < -0.4 is 5.73 Å². The standard InChI is InChI=1S/C11H14N4/c1-8-13-14-11(15(8)2)10(12)9-6-4-3-5-7-9/h3-7,10H,12H2,1-2H3/t10-/m1/s1. The van der Waals surface area contributed by atoms with Gasteiger partial charge in [-0.05, 0) is 12.5 Å². The first-order valence-electron chi connectivity index (χ1n) is 4.86. The van der Waals surface area contributed by atoms with Gasteiger partial charge in [0.25, 0.3) is 0 Å². The zero-order valence-electron chi connectivity index (χ0n) is 8.88. The van der Waals surface area contributed by atoms with Gasteiger partial charge in [0.1, 0.15) is 5.82 Å². The molecule has 15 heavy (non-hydrogen) atoms. The second kappa shape index (κ2) is 3.82. The van der Waals surface area contributed by atoms with E-state index in [0.29, 0.717) is 0 Å². The number of hydrogen-bond donors (Lipinski definition) is 1. The number of rotatable bonds is 2. The van der Waals surface area contributed by atoms with Gasteiger partial charge in [0.05, 0.1) is 6.04 Å². The highest BCUT2D eigenvalue weighted by Crippen LogP contribution is 2.16. The third-order valence-electron chi connectivity index (χ3n) is 2.56. The minimum Gasteiger partial charge on any atom is -0.318 e. The Balaban J connectivity index is 2.37. The molecule has 1 atom stereocenters. The molecule has 0 fully saturated rings. The Kier molecular flexibility index (Phi) is 2.51. The van der Waals surface area contributed by atoms with Crippen molar-refractivity contribution in [2.75, 3.05) is 0 Å². The van der Waals surface area contributed by atoms with Crippen LogP contribution in [0.25, 0.3) is 0 Å². The molecule has 1 aromatic heterocycles. The molecule has 0 radical (unpaired) electrons. The third-order valence-corrected chi connectivity index (χ3v) is 2.56. The normalized spacial score (nSPS) is 12.7. The van der Waals surface area contributed by atoms with Crippen molar-refractivity contribution in [3.05, 3.63) is 47.5 Å². The molecule has 0 saturated carbocycles. The molecule has 4 nitrogen and oxygen atoms in total. The van der Waals surface area contributed by atoms with E-state index in [4.69, 9.17) is 5.73 Å². The molecule has 0 saturated heterocycles. The maximum absolute atomic E-state index is 6.11. The summed E-state index contributed by atoms with van der Waals surface area (Å²) in [5.41, 5.74) is 7.16. The molecule has 2 aromatic rings. The topological polar surface area (TPSA) is 56.7 Å². The van der Waals surface area contributed by atoms with Crippen molar-refractivity contribution in [3.63, 3.8) is 0 Å². The molecule has 0 bridgehead atoms. The minimum absolute atomic E-state index is 0.211. The predicted octanol–water partition coefficient (Wildman–Crippen LogP) is 1.17. The molecule has 0 aliphatic rings. The van der Waals surface area contributed by atoms with Crippen LogP contribution in [0.4, 0.5) is 0 Å². The summed E-state index contributed by atoms with van der Waals surface area (Å²) in [6, 6.07) is 9.69. The Labute approximate surface area is 88.8 Å². The molecular formula is C11H14N4. The third kappa shape index (κ3) is 1.76. The zero-order valence-corrected chi connectivity index (χ0v) is 8.88. The van der Waals surface area contributed by atoms with Crippen LogP contribution in [0.15, 0.2) is 30.3 Å². The largest absolute Gasteiger partial charge is 0.318 e. The molecule has 1 heterocycles. The lowest BCUT2D eigenvalue weighted by Crippen LogP contribution is -2.16. The average Bonchev–Trinajstić information content (AvgIpc) is 2.60. The predicted molar refractivity (Wildman–Crippen MR) is 58.2 cm³/mol. The summed E-state index contributed by atoms with van der Waals surface area (Å²) in [5, 5.41) is 8.08. The molecule has 0 amide bonds. The zero-order chi connectivity index (χ0) is 10.8. The lowest BCUT2D eigenvalue weighted by atomic mass is 10.1. The lowest BCUT2D eigenvalue weighted by molar-refractivity contribution is 0.706. The van der Waals surface area contributed by atoms with E-state index in [1.807, 2.05) is 48.9 Å². The van der Waals surface area contributed by atoms with Gasteiger partial charge in [-0.15, -0.1) is 10.2 Å². The van der Waals surface area contributed by atoms with Gasteiger partial charge in [-0.1, -0.05) is 30.3 Å². The van der Waals surface area contributed by atoms with Crippen molar-refractivity contribution in [1.29, 1.82) is 0 Å². The van der Waals surface area contributed by atoms with Crippen molar-refractivity contribution in [2.24, 2.45) is 12.8 Å². The van der Waals surface area contributed by atoms with Gasteiger partial charge in [-0.2, -0.15) is 0 Å². The summed E-state index contributed by atoms with van der Waals surface area (Å²) in [4.78, 5) is 0. The molecule has 2 rings (SSSR count). The molecule has 0 aliphatic carbocycles. The van der Waals surface area contributed by atoms with E-state index in [0.717, 1.165) is 17.2 Å². The van der Waals surface area contributed by atoms with Crippen LogP contribution in [-0.2, 0) is 7.05 Å². The van der Waals surface area contributed by atoms with Crippen LogP contribution in [0.2, 0.25) is 0 Å². The van der Waals surface area contributed by atoms with Crippen molar-refractivity contribution >= 4 is 0 Å². The molecule has 0 spiro atoms. The quantitative estimate of drug-likeness (QED) is 0.795. The van der Waals surface area contributed by atoms with Gasteiger partial charge in [-0.3, -0.25) is 0 Å². The van der Waals surface area contributed by atoms with E-state index in [2.05, 4.69) is 10.2 Å². The number of aryl methyl sites for hydroxylation is 1. The number of aromatic nitrogens is 3. The van der Waals surface area contributed by atoms with E-state index in [1.165, 1.54) is 0 Å². The van der Waals surface area contributed by atoms with Crippen molar-refractivity contribution < 1.29 is 0 Å². The van der Waals surface area contributed by atoms with Crippen LogP contribution in [0.3, 0.4) is 0 Å². The van der Waals surface area contributed by atoms with E-state index >= 15 is 0 Å². The average molecular weight is 202 g/mol. The molecule has 4 heteroatoms. The van der Waals surface area contributed by atoms with Crippen molar-refractivity contribution in [1.82, 2.24) is 14.8 Å². The Morgan fingerprint density at radius 1 is 1.20 bits per heavy atom. The van der Waals surface area contributed by atoms with E-state index in [9.17, 15) is 0 Å². The fourth-order valence-electron chi connectivity index (χ4n) is 1.50. The van der Waals surface area contributed by atoms with Gasteiger partial charge >= 0.3 is 0 Å². The Morgan fingerprint density at radius 3 is 2.40 bits per heavy atom. The Morgan fingerprint density at radius 2 is 1.87 bits per heavy atom. The van der Waals surface area contributed by atoms with E-state index in [-0.39, 0.29) is 6.04 Å². The van der Waals surface area contributed by atoms with E-state index < -0.39 is 0 Å². The summed E-state index contributed by atoms with van der Waals surface area (Å²) in [6.45, 7) is 1.91. The second-order valence-electron chi connectivity index (χ2n) is 3.55. The fourth-order valence-corrected chi connectivity index (χ4v) is 1.50. The van der Waals surface area contributed by atoms with Crippen molar-refractivity contribution in [3.8, 4) is 0 Å². The molecule has 1 aromatic carbocycles. The van der Waals surface area contributed by atoms with Gasteiger partial charge in [0.2, 0.25) is 0 Å². The summed E-state index contributed by atoms with van der Waals surface area (Å²) in [6.07, 6.45) is 0. The smallest absolute Gasteiger partial charge is 0.154 e. The lowest BCUT2D eigenvalue weighted by Gasteiger charge is -2.10. The minimum atomic E-state index is -0.211. The molecular weight excluding hydrogens is 188 g/mol. The summed E-state index contributed by atoms with van der Waals surface area (Å²) in [7, 11) is 1.92. The van der Waals surface area contributed by atoms with Gasteiger partial charge < -0.3 is 10.3 Å². The highest BCUT2D eigenvalue weighted by molar-refractivity contribution is 5.24. The second-order valence-corrected chi connectivity index (χ2v) is 3.55. The summed E-state index contributed by atoms with van der Waals surface area (Å²) < 4.78 is 1.91. The molecule has 2 N–H and O–H groups in total. The molecule has 0 unspecified atom stereocenters. The molecule has 78 valence electrons. The first-order valence-corrected chi connectivity index (χ1v) is 4.86. The van der Waals surface area contributed by atoms with Crippen molar-refractivity contribution in [2.45, 2.75) is 13.0 Å². The maximum Gasteiger partial charge on any atom is 0.154 e. The van der Waals surface area contributed by atoms with Crippen LogP contribution >= 0.6 is 0 Å². The van der Waals surface area contributed by atoms with Gasteiger partial charge in [-0.25, -0.2) is 0 Å². The van der Waals surface area contributed by atoms with Crippen LogP contribution in [0, 0.1) is 6.92 Å². The van der Waals surface area contributed by atoms with Gasteiger partial charge in [0.15, 0.2) is 5.82 Å². The summed E-state index contributed by atoms with van der Waals surface area (Å²) in [5.74, 6) is 1.66. The monoisotopic (exact) mass is 202 g/mol. The molecule has 0 aliphatic heterocycles. The van der Waals surface area contributed by atoms with E-state index in [1.54, 1.807) is 0 Å². The number of nitrogens with two attached hydrogens (primary N) is 1. The van der Waals surface area contributed by atoms with Crippen LogP contribution in [-0.4, -0.2) is 14.8 Å². The number of nitrogens with zero attached hydrogens (tertiary/aromatic N) is 3.